The Balaban J connectivity index is 2.01. The van der Waals surface area contributed by atoms with Crippen LogP contribution < -0.4 is 24.3 Å². The van der Waals surface area contributed by atoms with Crippen molar-refractivity contribution in [3.63, 3.8) is 0 Å². The topological polar surface area (TPSA) is 95.5 Å². The van der Waals surface area contributed by atoms with Crippen molar-refractivity contribution in [2.75, 3.05) is 21.3 Å². The molecule has 0 saturated heterocycles. The molecule has 0 aromatic heterocycles. The molecule has 0 saturated carbocycles. The molecule has 2 unspecified atom stereocenters. The molecular formula is C22H24N2O6. The van der Waals surface area contributed by atoms with Crippen LogP contribution in [0.1, 0.15) is 24.1 Å². The van der Waals surface area contributed by atoms with E-state index in [1.165, 1.54) is 21.3 Å². The highest BCUT2D eigenvalue weighted by Gasteiger charge is 2.39. The average Bonchev–Trinajstić information content (AvgIpc) is 2.73. The second-order valence-corrected chi connectivity index (χ2v) is 6.85. The first-order valence-corrected chi connectivity index (χ1v) is 9.31. The number of methoxy groups -OCH3 is 3. The van der Waals surface area contributed by atoms with Gasteiger partial charge in [0.1, 0.15) is 11.7 Å². The van der Waals surface area contributed by atoms with Gasteiger partial charge >= 0.3 is 12.0 Å². The molecule has 0 bridgehead atoms. The Kier molecular flexibility index (Phi) is 6.25. The number of urea groups is 1. The maximum atomic E-state index is 13.0. The zero-order chi connectivity index (χ0) is 21.8. The molecule has 3 rings (SSSR count). The van der Waals surface area contributed by atoms with Crippen molar-refractivity contribution in [2.45, 2.75) is 19.9 Å². The van der Waals surface area contributed by atoms with E-state index < -0.39 is 24.0 Å². The lowest BCUT2D eigenvalue weighted by Crippen LogP contribution is -2.45. The van der Waals surface area contributed by atoms with E-state index in [0.717, 1.165) is 5.56 Å². The summed E-state index contributed by atoms with van der Waals surface area (Å²) in [7, 11) is 4.49. The zero-order valence-corrected chi connectivity index (χ0v) is 17.5. The van der Waals surface area contributed by atoms with Crippen LogP contribution >= 0.6 is 0 Å². The smallest absolute Gasteiger partial charge is 0.341 e. The van der Waals surface area contributed by atoms with Crippen LogP contribution in [0.2, 0.25) is 0 Å². The van der Waals surface area contributed by atoms with Crippen LogP contribution in [0.5, 0.6) is 23.0 Å². The number of nitrogens with one attached hydrogen (secondary N) is 1. The highest BCUT2D eigenvalue weighted by molar-refractivity contribution is 6.08. The summed E-state index contributed by atoms with van der Waals surface area (Å²) in [6, 6.07) is 9.26. The van der Waals surface area contributed by atoms with Crippen LogP contribution in [0.4, 0.5) is 4.79 Å². The summed E-state index contributed by atoms with van der Waals surface area (Å²) in [5.41, 5.74) is 2.00. The summed E-state index contributed by atoms with van der Waals surface area (Å²) in [5.74, 6) is 0.290. The minimum Gasteiger partial charge on any atom is -0.493 e. The third-order valence-electron chi connectivity index (χ3n) is 4.88. The van der Waals surface area contributed by atoms with Crippen LogP contribution in [0.25, 0.3) is 0 Å². The molecule has 1 aliphatic rings. The maximum absolute atomic E-state index is 13.0. The minimum atomic E-state index is -0.827. The van der Waals surface area contributed by atoms with Crippen molar-refractivity contribution in [1.82, 2.24) is 5.32 Å². The minimum absolute atomic E-state index is 0.356. The third-order valence-corrected chi connectivity index (χ3v) is 4.88. The van der Waals surface area contributed by atoms with Crippen LogP contribution in [0, 0.1) is 12.8 Å². The molecule has 0 fully saturated rings. The fraction of sp³-hybridized carbons (Fsp3) is 0.318. The van der Waals surface area contributed by atoms with E-state index in [4.69, 9.17) is 18.9 Å². The number of hydrogen-bond acceptors (Lipinski definition) is 6. The van der Waals surface area contributed by atoms with Crippen molar-refractivity contribution in [1.29, 1.82) is 0 Å². The Morgan fingerprint density at radius 2 is 1.57 bits per heavy atom. The van der Waals surface area contributed by atoms with Crippen molar-refractivity contribution >= 4 is 17.7 Å². The van der Waals surface area contributed by atoms with E-state index >= 15 is 0 Å². The van der Waals surface area contributed by atoms with Gasteiger partial charge in [-0.15, -0.1) is 0 Å². The fourth-order valence-electron chi connectivity index (χ4n) is 3.37. The largest absolute Gasteiger partial charge is 0.493 e. The van der Waals surface area contributed by atoms with Gasteiger partial charge in [0.15, 0.2) is 11.5 Å². The molecule has 0 radical (unpaired) electrons. The number of rotatable bonds is 6. The normalized spacial score (nSPS) is 18.2. The lowest BCUT2D eigenvalue weighted by molar-refractivity contribution is -0.137. The molecule has 158 valence electrons. The number of ether oxygens (including phenoxy) is 4. The van der Waals surface area contributed by atoms with Crippen molar-refractivity contribution in [3.05, 3.63) is 47.5 Å². The summed E-state index contributed by atoms with van der Waals surface area (Å²) < 4.78 is 21.7. The molecule has 1 N–H and O–H groups in total. The maximum Gasteiger partial charge on any atom is 0.341 e. The molecule has 2 aromatic carbocycles. The van der Waals surface area contributed by atoms with Crippen molar-refractivity contribution in [2.24, 2.45) is 10.9 Å². The Bertz CT molecular complexity index is 959. The fourth-order valence-corrected chi connectivity index (χ4v) is 3.37. The van der Waals surface area contributed by atoms with Gasteiger partial charge in [0.05, 0.1) is 27.4 Å². The van der Waals surface area contributed by atoms with Gasteiger partial charge in [-0.25, -0.2) is 9.79 Å². The highest BCUT2D eigenvalue weighted by Crippen LogP contribution is 2.41. The van der Waals surface area contributed by atoms with E-state index in [2.05, 4.69) is 10.3 Å². The number of nitrogens with zero attached hydrogens (tertiary/aromatic N) is 1. The summed E-state index contributed by atoms with van der Waals surface area (Å²) >= 11 is 0. The Morgan fingerprint density at radius 3 is 2.10 bits per heavy atom. The standard InChI is InChI=1S/C22H24N2O6/c1-12-6-8-15(9-7-12)30-21(25)18-13(2)23-22(26)24-19(18)14-10-16(27-3)20(29-5)17(11-14)28-4/h6-11,18-19H,1-5H3,(H,24,26). The van der Waals surface area contributed by atoms with Gasteiger partial charge in [0, 0.05) is 5.71 Å². The summed E-state index contributed by atoms with van der Waals surface area (Å²) in [6.07, 6.45) is 0. The lowest BCUT2D eigenvalue weighted by atomic mass is 9.88. The van der Waals surface area contributed by atoms with E-state index in [0.29, 0.717) is 34.3 Å². The first kappa shape index (κ1) is 21.2. The second-order valence-electron chi connectivity index (χ2n) is 6.85. The van der Waals surface area contributed by atoms with Crippen molar-refractivity contribution < 1.29 is 28.5 Å². The summed E-state index contributed by atoms with van der Waals surface area (Å²) in [6.45, 7) is 3.57. The first-order valence-electron chi connectivity index (χ1n) is 9.31. The van der Waals surface area contributed by atoms with Gasteiger partial charge in [-0.3, -0.25) is 4.79 Å². The van der Waals surface area contributed by atoms with E-state index in [-0.39, 0.29) is 0 Å². The SMILES string of the molecule is COc1cc(C2NC(=O)N=C(C)C2C(=O)Oc2ccc(C)cc2)cc(OC)c1OC. The molecule has 2 aromatic rings. The van der Waals surface area contributed by atoms with Gasteiger partial charge in [0.2, 0.25) is 5.75 Å². The molecule has 8 heteroatoms. The molecule has 30 heavy (non-hydrogen) atoms. The molecule has 1 aliphatic heterocycles. The number of amides is 2. The number of hydrogen-bond donors (Lipinski definition) is 1. The van der Waals surface area contributed by atoms with Gasteiger partial charge in [-0.2, -0.15) is 0 Å². The van der Waals surface area contributed by atoms with Gasteiger partial charge < -0.3 is 24.3 Å². The number of aliphatic imine (C=N–C) groups is 1. The molecule has 8 nitrogen and oxygen atoms in total. The van der Waals surface area contributed by atoms with Crippen molar-refractivity contribution in [3.8, 4) is 23.0 Å². The predicted molar refractivity (Wildman–Crippen MR) is 111 cm³/mol. The first-order chi connectivity index (χ1) is 14.4. The lowest BCUT2D eigenvalue weighted by Gasteiger charge is -2.30. The van der Waals surface area contributed by atoms with Crippen LogP contribution in [0.3, 0.4) is 0 Å². The Labute approximate surface area is 174 Å². The second kappa shape index (κ2) is 8.86. The van der Waals surface area contributed by atoms with Gasteiger partial charge in [-0.1, -0.05) is 17.7 Å². The average molecular weight is 412 g/mol. The molecule has 0 spiro atoms. The predicted octanol–water partition coefficient (Wildman–Crippen LogP) is 3.47. The van der Waals surface area contributed by atoms with E-state index in [9.17, 15) is 9.59 Å². The third kappa shape index (κ3) is 4.22. The summed E-state index contributed by atoms with van der Waals surface area (Å²) in [4.78, 5) is 29.1. The van der Waals surface area contributed by atoms with E-state index in [1.54, 1.807) is 31.2 Å². The number of esters is 1. The molecule has 1 heterocycles. The molecule has 2 amide bonds. The van der Waals surface area contributed by atoms with Crippen LogP contribution in [0.15, 0.2) is 41.4 Å². The number of carbonyl (C=O) groups excluding carboxylic acids is 2. The van der Waals surface area contributed by atoms with Gasteiger partial charge in [-0.05, 0) is 43.7 Å². The van der Waals surface area contributed by atoms with Crippen LogP contribution in [-0.4, -0.2) is 39.0 Å². The number of carbonyl (C=O) groups is 2. The number of benzene rings is 2. The molecule has 0 aliphatic carbocycles. The zero-order valence-electron chi connectivity index (χ0n) is 17.5. The number of aryl methyl sites for hydroxylation is 1. The van der Waals surface area contributed by atoms with Crippen LogP contribution in [-0.2, 0) is 4.79 Å². The monoisotopic (exact) mass is 412 g/mol. The Hall–Kier alpha value is -3.55. The van der Waals surface area contributed by atoms with E-state index in [1.807, 2.05) is 19.1 Å². The quantitative estimate of drug-likeness (QED) is 0.577. The molecule has 2 atom stereocenters. The summed E-state index contributed by atoms with van der Waals surface area (Å²) in [5, 5.41) is 2.75. The Morgan fingerprint density at radius 1 is 0.967 bits per heavy atom. The van der Waals surface area contributed by atoms with Gasteiger partial charge in [0.25, 0.3) is 0 Å². The highest BCUT2D eigenvalue weighted by atomic mass is 16.5. The molecular weight excluding hydrogens is 388 g/mol.